The number of aliphatic hydroxyl groups is 1. The summed E-state index contributed by atoms with van der Waals surface area (Å²) in [5.74, 6) is 0.535. The first kappa shape index (κ1) is 14.2. The maximum absolute atomic E-state index is 12.4. The van der Waals surface area contributed by atoms with E-state index in [0.29, 0.717) is 12.5 Å². The van der Waals surface area contributed by atoms with Crippen LogP contribution in [0.5, 0.6) is 0 Å². The summed E-state index contributed by atoms with van der Waals surface area (Å²) in [7, 11) is 0. The molecule has 1 aliphatic rings. The molecule has 1 fully saturated rings. The average Bonchev–Trinajstić information content (AvgIpc) is 2.81. The molecule has 1 saturated heterocycles. The molecule has 1 aromatic carbocycles. The van der Waals surface area contributed by atoms with Crippen LogP contribution in [0.25, 0.3) is 0 Å². The van der Waals surface area contributed by atoms with Gasteiger partial charge in [-0.15, -0.1) is 0 Å². The Hall–Kier alpha value is -1.19. The molecule has 1 atom stereocenters. The van der Waals surface area contributed by atoms with E-state index in [-0.39, 0.29) is 12.4 Å². The van der Waals surface area contributed by atoms with Crippen LogP contribution in [0.2, 0.25) is 0 Å². The Morgan fingerprint density at radius 1 is 1.26 bits per heavy atom. The van der Waals surface area contributed by atoms with Crippen molar-refractivity contribution in [2.45, 2.75) is 27.2 Å². The molecule has 1 heterocycles. The van der Waals surface area contributed by atoms with Crippen LogP contribution in [0.4, 0.5) is 0 Å². The zero-order chi connectivity index (χ0) is 14.0. The quantitative estimate of drug-likeness (QED) is 0.844. The van der Waals surface area contributed by atoms with Crippen LogP contribution in [-0.2, 0) is 0 Å². The molecule has 104 valence electrons. The van der Waals surface area contributed by atoms with Gasteiger partial charge in [0.2, 0.25) is 0 Å². The van der Waals surface area contributed by atoms with Gasteiger partial charge < -0.3 is 5.11 Å². The van der Waals surface area contributed by atoms with Crippen LogP contribution in [0.1, 0.15) is 33.5 Å². The third-order valence-electron chi connectivity index (χ3n) is 4.14. The van der Waals surface area contributed by atoms with E-state index in [4.69, 9.17) is 5.11 Å². The molecule has 0 amide bonds. The first-order valence-electron chi connectivity index (χ1n) is 6.95. The van der Waals surface area contributed by atoms with Crippen molar-refractivity contribution in [1.82, 2.24) is 4.90 Å². The van der Waals surface area contributed by atoms with Crippen molar-refractivity contribution in [2.75, 3.05) is 26.2 Å². The monoisotopic (exact) mass is 261 g/mol. The molecule has 19 heavy (non-hydrogen) atoms. The van der Waals surface area contributed by atoms with Crippen molar-refractivity contribution < 1.29 is 9.90 Å². The van der Waals surface area contributed by atoms with Gasteiger partial charge in [0.15, 0.2) is 5.78 Å². The summed E-state index contributed by atoms with van der Waals surface area (Å²) in [5, 5.41) is 9.13. The predicted molar refractivity (Wildman–Crippen MR) is 76.6 cm³/mol. The molecule has 1 aromatic rings. The second-order valence-corrected chi connectivity index (χ2v) is 5.75. The van der Waals surface area contributed by atoms with Crippen LogP contribution in [-0.4, -0.2) is 42.0 Å². The topological polar surface area (TPSA) is 40.5 Å². The third kappa shape index (κ3) is 3.23. The molecule has 0 radical (unpaired) electrons. The molecular formula is C16H23NO2. The zero-order valence-corrected chi connectivity index (χ0v) is 12.1. The molecule has 0 saturated carbocycles. The number of carbonyl (C=O) groups is 1. The number of carbonyl (C=O) groups excluding carboxylic acids is 1. The lowest BCUT2D eigenvalue weighted by molar-refractivity contribution is 0.0939. The van der Waals surface area contributed by atoms with Crippen LogP contribution < -0.4 is 0 Å². The lowest BCUT2D eigenvalue weighted by Crippen LogP contribution is -2.28. The summed E-state index contributed by atoms with van der Waals surface area (Å²) in [4.78, 5) is 14.5. The average molecular weight is 261 g/mol. The third-order valence-corrected chi connectivity index (χ3v) is 4.14. The number of aliphatic hydroxyl groups excluding tert-OH is 1. The minimum atomic E-state index is 0.194. The van der Waals surface area contributed by atoms with E-state index in [1.54, 1.807) is 0 Å². The van der Waals surface area contributed by atoms with Crippen LogP contribution in [0.3, 0.4) is 0 Å². The van der Waals surface area contributed by atoms with Gasteiger partial charge in [-0.3, -0.25) is 9.69 Å². The number of Topliss-reactive ketones (excluding diaryl/α,β-unsaturated/α-hetero) is 1. The van der Waals surface area contributed by atoms with E-state index < -0.39 is 0 Å². The number of hydrogen-bond acceptors (Lipinski definition) is 3. The van der Waals surface area contributed by atoms with Crippen molar-refractivity contribution >= 4 is 5.78 Å². The van der Waals surface area contributed by atoms with Crippen molar-refractivity contribution in [3.05, 3.63) is 34.4 Å². The van der Waals surface area contributed by atoms with E-state index in [1.807, 2.05) is 19.9 Å². The molecule has 0 spiro atoms. The first-order chi connectivity index (χ1) is 9.01. The van der Waals surface area contributed by atoms with Gasteiger partial charge >= 0.3 is 0 Å². The minimum Gasteiger partial charge on any atom is -0.396 e. The number of aryl methyl sites for hydroxylation is 3. The summed E-state index contributed by atoms with van der Waals surface area (Å²) in [6.45, 7) is 8.58. The highest BCUT2D eigenvalue weighted by Gasteiger charge is 2.24. The first-order valence-corrected chi connectivity index (χ1v) is 6.95. The van der Waals surface area contributed by atoms with Crippen molar-refractivity contribution in [2.24, 2.45) is 5.92 Å². The standard InChI is InChI=1S/C16H23NO2/c1-11-6-13(3)15(7-12(11)2)16(19)9-17-5-4-14(8-17)10-18/h6-7,14,18H,4-5,8-10H2,1-3H3. The zero-order valence-electron chi connectivity index (χ0n) is 12.1. The van der Waals surface area contributed by atoms with Crippen LogP contribution in [0.15, 0.2) is 12.1 Å². The minimum absolute atomic E-state index is 0.194. The molecule has 1 N–H and O–H groups in total. The fourth-order valence-electron chi connectivity index (χ4n) is 2.75. The van der Waals surface area contributed by atoms with Crippen LogP contribution >= 0.6 is 0 Å². The second-order valence-electron chi connectivity index (χ2n) is 5.75. The normalized spacial score (nSPS) is 19.9. The van der Waals surface area contributed by atoms with Crippen molar-refractivity contribution in [1.29, 1.82) is 0 Å². The molecule has 3 heteroatoms. The SMILES string of the molecule is Cc1cc(C)c(C(=O)CN2CCC(CO)C2)cc1C. The highest BCUT2D eigenvalue weighted by molar-refractivity contribution is 5.99. The van der Waals surface area contributed by atoms with Gasteiger partial charge in [-0.05, 0) is 62.4 Å². The molecule has 1 aliphatic heterocycles. The summed E-state index contributed by atoms with van der Waals surface area (Å²) in [6.07, 6.45) is 0.996. The molecular weight excluding hydrogens is 238 g/mol. The van der Waals surface area contributed by atoms with E-state index in [9.17, 15) is 4.79 Å². The highest BCUT2D eigenvalue weighted by atomic mass is 16.3. The number of hydrogen-bond donors (Lipinski definition) is 1. The number of benzene rings is 1. The maximum Gasteiger partial charge on any atom is 0.177 e. The Morgan fingerprint density at radius 2 is 1.95 bits per heavy atom. The Balaban J connectivity index is 2.06. The van der Waals surface area contributed by atoms with E-state index >= 15 is 0 Å². The van der Waals surface area contributed by atoms with Crippen molar-refractivity contribution in [3.8, 4) is 0 Å². The molecule has 0 aromatic heterocycles. The summed E-state index contributed by atoms with van der Waals surface area (Å²) in [6, 6.07) is 4.09. The van der Waals surface area contributed by atoms with Gasteiger partial charge in [-0.2, -0.15) is 0 Å². The molecule has 0 bridgehead atoms. The largest absolute Gasteiger partial charge is 0.396 e. The van der Waals surface area contributed by atoms with Gasteiger partial charge in [-0.25, -0.2) is 0 Å². The predicted octanol–water partition coefficient (Wildman–Crippen LogP) is 2.11. The smallest absolute Gasteiger partial charge is 0.177 e. The van der Waals surface area contributed by atoms with E-state index in [0.717, 1.165) is 30.6 Å². The van der Waals surface area contributed by atoms with E-state index in [1.165, 1.54) is 11.1 Å². The molecule has 0 aliphatic carbocycles. The summed E-state index contributed by atoms with van der Waals surface area (Å²) in [5.41, 5.74) is 4.31. The molecule has 2 rings (SSSR count). The lowest BCUT2D eigenvalue weighted by atomic mass is 9.98. The second kappa shape index (κ2) is 5.85. The Morgan fingerprint density at radius 3 is 2.58 bits per heavy atom. The number of rotatable bonds is 4. The lowest BCUT2D eigenvalue weighted by Gasteiger charge is -2.16. The highest BCUT2D eigenvalue weighted by Crippen LogP contribution is 2.19. The van der Waals surface area contributed by atoms with Gasteiger partial charge in [0, 0.05) is 18.7 Å². The summed E-state index contributed by atoms with van der Waals surface area (Å²) < 4.78 is 0. The maximum atomic E-state index is 12.4. The Labute approximate surface area is 115 Å². The fraction of sp³-hybridized carbons (Fsp3) is 0.562. The summed E-state index contributed by atoms with van der Waals surface area (Å²) >= 11 is 0. The Bertz CT molecular complexity index is 482. The van der Waals surface area contributed by atoms with Crippen molar-refractivity contribution in [3.63, 3.8) is 0 Å². The number of ketones is 1. The van der Waals surface area contributed by atoms with E-state index in [2.05, 4.69) is 17.9 Å². The molecule has 3 nitrogen and oxygen atoms in total. The van der Waals surface area contributed by atoms with Gasteiger partial charge in [-0.1, -0.05) is 6.07 Å². The molecule has 1 unspecified atom stereocenters. The Kier molecular flexibility index (Phi) is 4.38. The number of nitrogens with zero attached hydrogens (tertiary/aromatic N) is 1. The fourth-order valence-corrected chi connectivity index (χ4v) is 2.75. The van der Waals surface area contributed by atoms with Crippen LogP contribution in [0, 0.1) is 26.7 Å². The number of likely N-dealkylation sites (tertiary alicyclic amines) is 1. The van der Waals surface area contributed by atoms with Gasteiger partial charge in [0.05, 0.1) is 6.54 Å². The van der Waals surface area contributed by atoms with Gasteiger partial charge in [0.1, 0.15) is 0 Å². The van der Waals surface area contributed by atoms with Gasteiger partial charge in [0.25, 0.3) is 0 Å².